The second-order valence-electron chi connectivity index (χ2n) is 31.6. The van der Waals surface area contributed by atoms with Crippen LogP contribution in [0.4, 0.5) is 0 Å². The minimum atomic E-state index is -4.97. The van der Waals surface area contributed by atoms with Crippen molar-refractivity contribution in [2.75, 3.05) is 39.6 Å². The van der Waals surface area contributed by atoms with Gasteiger partial charge in [-0.05, 0) is 37.5 Å². The topological polar surface area (TPSA) is 237 Å². The molecule has 3 unspecified atom stereocenters. The van der Waals surface area contributed by atoms with E-state index in [1.54, 1.807) is 0 Å². The highest BCUT2D eigenvalue weighted by Crippen LogP contribution is 2.45. The van der Waals surface area contributed by atoms with Gasteiger partial charge in [-0.15, -0.1) is 0 Å². The predicted octanol–water partition coefficient (Wildman–Crippen LogP) is 26.2. The van der Waals surface area contributed by atoms with E-state index in [0.29, 0.717) is 25.7 Å². The summed E-state index contributed by atoms with van der Waals surface area (Å²) in [5.41, 5.74) is 0. The summed E-state index contributed by atoms with van der Waals surface area (Å²) in [5, 5.41) is 10.7. The Morgan fingerprint density at radius 2 is 0.486 bits per heavy atom. The van der Waals surface area contributed by atoms with Crippen LogP contribution in [0, 0.1) is 11.8 Å². The van der Waals surface area contributed by atoms with E-state index < -0.39 is 97.5 Å². The average molecular weight is 1540 g/mol. The van der Waals surface area contributed by atoms with E-state index in [9.17, 15) is 43.2 Å². The van der Waals surface area contributed by atoms with E-state index in [1.165, 1.54) is 276 Å². The zero-order chi connectivity index (χ0) is 77.1. The molecule has 0 aromatic heterocycles. The highest BCUT2D eigenvalue weighted by atomic mass is 31.2. The van der Waals surface area contributed by atoms with Crippen molar-refractivity contribution in [3.63, 3.8) is 0 Å². The minimum absolute atomic E-state index is 0.108. The lowest BCUT2D eigenvalue weighted by Gasteiger charge is -2.21. The zero-order valence-electron chi connectivity index (χ0n) is 69.0. The maximum Gasteiger partial charge on any atom is 0.472 e. The first-order valence-electron chi connectivity index (χ1n) is 44.5. The van der Waals surface area contributed by atoms with Crippen LogP contribution >= 0.6 is 15.6 Å². The smallest absolute Gasteiger partial charge is 0.462 e. The lowest BCUT2D eigenvalue weighted by atomic mass is 9.99. The van der Waals surface area contributed by atoms with Gasteiger partial charge in [0.25, 0.3) is 0 Å². The molecule has 0 saturated carbocycles. The first-order chi connectivity index (χ1) is 50.9. The number of phosphoric ester groups is 2. The maximum atomic E-state index is 13.2. The van der Waals surface area contributed by atoms with Gasteiger partial charge in [-0.1, -0.05) is 408 Å². The molecule has 0 bridgehead atoms. The normalized spacial score (nSPS) is 14.1. The predicted molar refractivity (Wildman–Crippen MR) is 432 cm³/mol. The molecule has 19 heteroatoms. The molecule has 3 N–H and O–H groups in total. The summed E-state index contributed by atoms with van der Waals surface area (Å²) < 4.78 is 68.9. The number of esters is 4. The van der Waals surface area contributed by atoms with Gasteiger partial charge in [0.1, 0.15) is 19.3 Å². The fourth-order valence-corrected chi connectivity index (χ4v) is 15.0. The Bertz CT molecular complexity index is 2010. The van der Waals surface area contributed by atoms with E-state index in [4.69, 9.17) is 37.0 Å². The highest BCUT2D eigenvalue weighted by Gasteiger charge is 2.30. The SMILES string of the molecule is CCCCCCCCCCCCCCCCCCCCCC(=O)O[C@H](COC(=O)CCCCCCCCCCCCCCCCC(C)CC)COP(=O)(O)OC[C@@H](O)COP(=O)(O)OC[C@@H](COC(=O)CCCCCCCCCCCCCCC)OC(=O)CCCCCCCCCCCCCCC(C)C. The lowest BCUT2D eigenvalue weighted by molar-refractivity contribution is -0.161. The molecule has 0 fully saturated rings. The largest absolute Gasteiger partial charge is 0.472 e. The molecule has 0 aromatic rings. The van der Waals surface area contributed by atoms with Gasteiger partial charge in [0.15, 0.2) is 12.2 Å². The summed E-state index contributed by atoms with van der Waals surface area (Å²) in [6.45, 7) is 9.74. The standard InChI is InChI=1S/C86H168O17P2/c1-7-10-12-14-16-18-20-22-23-24-25-26-27-33-40-46-52-58-64-70-85(90)102-81(75-97-84(89)69-63-57-51-45-39-32-29-28-31-37-43-49-55-61-67-79(6)9-3)76-100-104(92,93)98-72-80(87)73-99-105(94,95)101-77-82(74-96-83(88)68-62-56-50-44-38-30-21-19-17-15-13-11-8-2)103-86(91)71-65-59-53-47-41-35-34-36-42-48-54-60-66-78(4)5/h78-82,87H,7-77H2,1-6H3,(H,92,93)(H,94,95)/t79?,80-,81-,82-/m1/s1. The first-order valence-corrected chi connectivity index (χ1v) is 47.5. The van der Waals surface area contributed by atoms with Crippen molar-refractivity contribution < 1.29 is 80.2 Å². The number of rotatable bonds is 85. The molecule has 624 valence electrons. The van der Waals surface area contributed by atoms with Crippen LogP contribution in [0.15, 0.2) is 0 Å². The van der Waals surface area contributed by atoms with Gasteiger partial charge >= 0.3 is 39.5 Å². The number of carbonyl (C=O) groups excluding carboxylic acids is 4. The quantitative estimate of drug-likeness (QED) is 0.0222. The molecule has 0 amide bonds. The van der Waals surface area contributed by atoms with Crippen LogP contribution in [0.1, 0.15) is 459 Å². The number of unbranched alkanes of at least 4 members (excludes halogenated alkanes) is 54. The summed E-state index contributed by atoms with van der Waals surface area (Å²) in [7, 11) is -9.93. The molecule has 105 heavy (non-hydrogen) atoms. The molecule has 0 heterocycles. The van der Waals surface area contributed by atoms with Crippen LogP contribution in [0.25, 0.3) is 0 Å². The monoisotopic (exact) mass is 1540 g/mol. The summed E-state index contributed by atoms with van der Waals surface area (Å²) in [6.07, 6.45) is 69.2. The summed E-state index contributed by atoms with van der Waals surface area (Å²) in [5.74, 6) is -0.473. The van der Waals surface area contributed by atoms with Crippen LogP contribution in [0.3, 0.4) is 0 Å². The number of aliphatic hydroxyl groups excluding tert-OH is 1. The third-order valence-corrected chi connectivity index (χ3v) is 22.5. The number of carbonyl (C=O) groups is 4. The molecular weight excluding hydrogens is 1370 g/mol. The first kappa shape index (κ1) is 103. The molecule has 0 saturated heterocycles. The Hall–Kier alpha value is -1.94. The highest BCUT2D eigenvalue weighted by molar-refractivity contribution is 7.47. The van der Waals surface area contributed by atoms with Gasteiger partial charge in [0, 0.05) is 25.7 Å². The van der Waals surface area contributed by atoms with E-state index in [-0.39, 0.29) is 25.7 Å². The van der Waals surface area contributed by atoms with Crippen molar-refractivity contribution in [1.82, 2.24) is 0 Å². The molecule has 0 radical (unpaired) electrons. The third kappa shape index (κ3) is 78.5. The molecule has 6 atom stereocenters. The molecule has 0 aliphatic rings. The number of ether oxygens (including phenoxy) is 4. The van der Waals surface area contributed by atoms with Crippen molar-refractivity contribution >= 4 is 39.5 Å². The fraction of sp³-hybridized carbons (Fsp3) is 0.953. The Morgan fingerprint density at radius 3 is 0.724 bits per heavy atom. The van der Waals surface area contributed by atoms with E-state index in [0.717, 1.165) is 102 Å². The van der Waals surface area contributed by atoms with Crippen molar-refractivity contribution in [3.05, 3.63) is 0 Å². The van der Waals surface area contributed by atoms with Gasteiger partial charge in [-0.25, -0.2) is 9.13 Å². The third-order valence-electron chi connectivity index (χ3n) is 20.6. The number of hydrogen-bond acceptors (Lipinski definition) is 15. The van der Waals surface area contributed by atoms with Gasteiger partial charge in [0.05, 0.1) is 26.4 Å². The van der Waals surface area contributed by atoms with Gasteiger partial charge in [-0.2, -0.15) is 0 Å². The van der Waals surface area contributed by atoms with Crippen molar-refractivity contribution in [2.45, 2.75) is 477 Å². The minimum Gasteiger partial charge on any atom is -0.462 e. The Labute approximate surface area is 645 Å². The van der Waals surface area contributed by atoms with E-state index in [2.05, 4.69) is 41.5 Å². The summed E-state index contributed by atoms with van der Waals surface area (Å²) in [6, 6.07) is 0. The molecule has 17 nitrogen and oxygen atoms in total. The van der Waals surface area contributed by atoms with Gasteiger partial charge in [-0.3, -0.25) is 37.3 Å². The van der Waals surface area contributed by atoms with Crippen LogP contribution in [0.2, 0.25) is 0 Å². The van der Waals surface area contributed by atoms with E-state index in [1.807, 2.05) is 0 Å². The maximum absolute atomic E-state index is 13.2. The van der Waals surface area contributed by atoms with Crippen molar-refractivity contribution in [3.8, 4) is 0 Å². The van der Waals surface area contributed by atoms with Gasteiger partial charge < -0.3 is 33.8 Å². The average Bonchev–Trinajstić information content (AvgIpc) is 0.949. The zero-order valence-corrected chi connectivity index (χ0v) is 70.8. The van der Waals surface area contributed by atoms with E-state index >= 15 is 0 Å². The molecule has 0 aliphatic heterocycles. The van der Waals surface area contributed by atoms with Crippen molar-refractivity contribution in [1.29, 1.82) is 0 Å². The van der Waals surface area contributed by atoms with Crippen molar-refractivity contribution in [2.24, 2.45) is 11.8 Å². The Morgan fingerprint density at radius 1 is 0.276 bits per heavy atom. The second-order valence-corrected chi connectivity index (χ2v) is 34.6. The Kier molecular flexibility index (Phi) is 76.0. The van der Waals surface area contributed by atoms with Crippen LogP contribution in [-0.2, 0) is 65.4 Å². The van der Waals surface area contributed by atoms with Crippen LogP contribution < -0.4 is 0 Å². The molecule has 0 rings (SSSR count). The summed E-state index contributed by atoms with van der Waals surface area (Å²) in [4.78, 5) is 73.3. The van der Waals surface area contributed by atoms with Crippen LogP contribution in [-0.4, -0.2) is 96.7 Å². The molecule has 0 spiro atoms. The molecular formula is C86H168O17P2. The second kappa shape index (κ2) is 77.4. The number of aliphatic hydroxyl groups is 1. The number of hydrogen-bond donors (Lipinski definition) is 3. The summed E-state index contributed by atoms with van der Waals surface area (Å²) >= 11 is 0. The number of phosphoric acid groups is 2. The fourth-order valence-electron chi connectivity index (χ4n) is 13.4. The molecule has 0 aromatic carbocycles. The van der Waals surface area contributed by atoms with Gasteiger partial charge in [0.2, 0.25) is 0 Å². The lowest BCUT2D eigenvalue weighted by Crippen LogP contribution is -2.30. The Balaban J connectivity index is 5.27. The van der Waals surface area contributed by atoms with Crippen LogP contribution in [0.5, 0.6) is 0 Å². The molecule has 0 aliphatic carbocycles.